The third kappa shape index (κ3) is 10.9. The van der Waals surface area contributed by atoms with E-state index in [0.29, 0.717) is 38.6 Å². The molecule has 0 amide bonds. The molecule has 0 aromatic heterocycles. The Kier molecular flexibility index (Phi) is 14.7. The average molecular weight is 506 g/mol. The summed E-state index contributed by atoms with van der Waals surface area (Å²) >= 11 is 0. The monoisotopic (exact) mass is 506 g/mol. The van der Waals surface area contributed by atoms with Crippen molar-refractivity contribution in [2.75, 3.05) is 65.4 Å². The van der Waals surface area contributed by atoms with Crippen LogP contribution in [0.15, 0.2) is 4.99 Å². The highest BCUT2D eigenvalue weighted by Gasteiger charge is 2.24. The summed E-state index contributed by atoms with van der Waals surface area (Å²) in [5.41, 5.74) is 0. The lowest BCUT2D eigenvalue weighted by molar-refractivity contribution is 0.0536. The van der Waals surface area contributed by atoms with Crippen molar-refractivity contribution in [2.24, 2.45) is 10.9 Å². The molecule has 1 unspecified atom stereocenters. The van der Waals surface area contributed by atoms with Crippen molar-refractivity contribution in [1.82, 2.24) is 14.9 Å². The highest BCUT2D eigenvalue weighted by atomic mass is 127. The zero-order chi connectivity index (χ0) is 18.5. The lowest BCUT2D eigenvalue weighted by Gasteiger charge is -2.21. The Balaban J connectivity index is 0.00000625. The summed E-state index contributed by atoms with van der Waals surface area (Å²) in [6.07, 6.45) is 1.78. The van der Waals surface area contributed by atoms with E-state index in [0.717, 1.165) is 38.6 Å². The Labute approximate surface area is 175 Å². The number of nitrogens with zero attached hydrogens (tertiary/aromatic N) is 2. The highest BCUT2D eigenvalue weighted by Crippen LogP contribution is 2.16. The van der Waals surface area contributed by atoms with E-state index in [4.69, 9.17) is 9.47 Å². The number of hydrogen-bond acceptors (Lipinski definition) is 5. The van der Waals surface area contributed by atoms with Gasteiger partial charge in [0.1, 0.15) is 0 Å². The quantitative estimate of drug-likeness (QED) is 0.177. The smallest absolute Gasteiger partial charge is 0.211 e. The summed E-state index contributed by atoms with van der Waals surface area (Å²) < 4.78 is 35.9. The van der Waals surface area contributed by atoms with Crippen LogP contribution in [0.2, 0.25) is 0 Å². The number of halogens is 1. The maximum Gasteiger partial charge on any atom is 0.211 e. The van der Waals surface area contributed by atoms with E-state index in [1.807, 2.05) is 6.92 Å². The van der Waals surface area contributed by atoms with Crippen LogP contribution in [-0.2, 0) is 19.5 Å². The first-order chi connectivity index (χ1) is 12.0. The molecule has 8 nitrogen and oxygen atoms in total. The third-order valence-electron chi connectivity index (χ3n) is 4.00. The van der Waals surface area contributed by atoms with Crippen LogP contribution in [0.3, 0.4) is 0 Å². The number of sulfonamides is 1. The van der Waals surface area contributed by atoms with Gasteiger partial charge in [-0.05, 0) is 26.7 Å². The summed E-state index contributed by atoms with van der Waals surface area (Å²) in [5.74, 6) is 1.53. The fourth-order valence-corrected chi connectivity index (χ4v) is 3.23. The molecule has 0 aromatic rings. The third-order valence-corrected chi connectivity index (χ3v) is 5.41. The zero-order valence-corrected chi connectivity index (χ0v) is 19.3. The second-order valence-corrected chi connectivity index (χ2v) is 8.15. The van der Waals surface area contributed by atoms with Crippen LogP contribution in [0.1, 0.15) is 26.7 Å². The van der Waals surface area contributed by atoms with Gasteiger partial charge in [0.2, 0.25) is 10.0 Å². The maximum absolute atomic E-state index is 11.4. The summed E-state index contributed by atoms with van der Waals surface area (Å²) in [4.78, 5) is 6.87. The molecule has 2 N–H and O–H groups in total. The molecule has 0 bridgehead atoms. The molecular formula is C16H35IN4O4S. The van der Waals surface area contributed by atoms with Gasteiger partial charge in [-0.1, -0.05) is 0 Å². The van der Waals surface area contributed by atoms with E-state index >= 15 is 0 Å². The molecule has 26 heavy (non-hydrogen) atoms. The number of aliphatic imine (C=N–C) groups is 1. The van der Waals surface area contributed by atoms with Gasteiger partial charge in [0.05, 0.1) is 25.6 Å². The first-order valence-corrected chi connectivity index (χ1v) is 10.7. The van der Waals surface area contributed by atoms with Gasteiger partial charge < -0.3 is 19.7 Å². The number of guanidine groups is 1. The van der Waals surface area contributed by atoms with E-state index in [9.17, 15) is 8.42 Å². The summed E-state index contributed by atoms with van der Waals surface area (Å²) in [7, 11) is -1.44. The zero-order valence-electron chi connectivity index (χ0n) is 16.2. The number of ether oxygens (including phenoxy) is 2. The van der Waals surface area contributed by atoms with Crippen LogP contribution in [0, 0.1) is 5.92 Å². The van der Waals surface area contributed by atoms with Crippen LogP contribution in [-0.4, -0.2) is 84.7 Å². The van der Waals surface area contributed by atoms with Crippen LogP contribution < -0.4 is 10.0 Å². The minimum Gasteiger partial charge on any atom is -0.382 e. The van der Waals surface area contributed by atoms with Gasteiger partial charge in [-0.25, -0.2) is 13.1 Å². The van der Waals surface area contributed by atoms with Gasteiger partial charge in [0.15, 0.2) is 5.96 Å². The average Bonchev–Trinajstić information content (AvgIpc) is 3.06. The number of nitrogens with one attached hydrogen (secondary N) is 2. The van der Waals surface area contributed by atoms with Crippen molar-refractivity contribution in [3.05, 3.63) is 0 Å². The SMILES string of the molecule is CCNC(=NCCCNS(=O)(=O)CC)N1CCC(COCCOC)C1.I. The Bertz CT molecular complexity index is 491. The van der Waals surface area contributed by atoms with E-state index in [2.05, 4.69) is 19.9 Å². The van der Waals surface area contributed by atoms with Crippen molar-refractivity contribution in [3.63, 3.8) is 0 Å². The molecule has 156 valence electrons. The number of hydrogen-bond donors (Lipinski definition) is 2. The molecule has 1 saturated heterocycles. The number of likely N-dealkylation sites (tertiary alicyclic amines) is 1. The van der Waals surface area contributed by atoms with Crippen molar-refractivity contribution in [1.29, 1.82) is 0 Å². The number of rotatable bonds is 12. The van der Waals surface area contributed by atoms with Crippen molar-refractivity contribution < 1.29 is 17.9 Å². The normalized spacial score (nSPS) is 18.0. The first kappa shape index (κ1) is 25.8. The summed E-state index contributed by atoms with van der Waals surface area (Å²) in [6, 6.07) is 0. The first-order valence-electron chi connectivity index (χ1n) is 9.09. The van der Waals surface area contributed by atoms with Crippen molar-refractivity contribution in [2.45, 2.75) is 26.7 Å². The molecule has 1 fully saturated rings. The lowest BCUT2D eigenvalue weighted by atomic mass is 10.1. The second kappa shape index (κ2) is 14.8. The predicted octanol–water partition coefficient (Wildman–Crippen LogP) is 0.884. The van der Waals surface area contributed by atoms with Gasteiger partial charge in [-0.2, -0.15) is 0 Å². The van der Waals surface area contributed by atoms with E-state index in [1.54, 1.807) is 14.0 Å². The summed E-state index contributed by atoms with van der Waals surface area (Å²) in [5, 5.41) is 3.32. The lowest BCUT2D eigenvalue weighted by Crippen LogP contribution is -2.40. The molecule has 0 saturated carbocycles. The van der Waals surface area contributed by atoms with Crippen LogP contribution >= 0.6 is 24.0 Å². The Hall–Kier alpha value is -0.170. The Morgan fingerprint density at radius 2 is 2.08 bits per heavy atom. The van der Waals surface area contributed by atoms with Crippen LogP contribution in [0.5, 0.6) is 0 Å². The summed E-state index contributed by atoms with van der Waals surface area (Å²) in [6.45, 7) is 9.42. The molecule has 1 aliphatic heterocycles. The molecule has 10 heteroatoms. The molecule has 0 spiro atoms. The highest BCUT2D eigenvalue weighted by molar-refractivity contribution is 14.0. The molecule has 1 rings (SSSR count). The standard InChI is InChI=1S/C16H34N4O4S.HI/c1-4-17-16(18-8-6-9-19-25(21,22)5-2)20-10-7-15(13-20)14-24-12-11-23-3;/h15,19H,4-14H2,1-3H3,(H,17,18);1H. The van der Waals surface area contributed by atoms with Gasteiger partial charge in [0.25, 0.3) is 0 Å². The van der Waals surface area contributed by atoms with Gasteiger partial charge in [-0.3, -0.25) is 4.99 Å². The van der Waals surface area contributed by atoms with Gasteiger partial charge in [-0.15, -0.1) is 24.0 Å². The fourth-order valence-electron chi connectivity index (χ4n) is 2.57. The van der Waals surface area contributed by atoms with E-state index < -0.39 is 10.0 Å². The van der Waals surface area contributed by atoms with Gasteiger partial charge in [0, 0.05) is 45.8 Å². The minimum absolute atomic E-state index is 0. The Morgan fingerprint density at radius 1 is 1.31 bits per heavy atom. The van der Waals surface area contributed by atoms with E-state index in [1.165, 1.54) is 0 Å². The van der Waals surface area contributed by atoms with E-state index in [-0.39, 0.29) is 29.7 Å². The molecule has 1 heterocycles. The largest absolute Gasteiger partial charge is 0.382 e. The van der Waals surface area contributed by atoms with Gasteiger partial charge >= 0.3 is 0 Å². The molecule has 1 aliphatic rings. The van der Waals surface area contributed by atoms with Crippen LogP contribution in [0.25, 0.3) is 0 Å². The molecule has 0 aromatic carbocycles. The number of methoxy groups -OCH3 is 1. The molecule has 1 atom stereocenters. The molecule has 0 aliphatic carbocycles. The Morgan fingerprint density at radius 3 is 2.73 bits per heavy atom. The fraction of sp³-hybridized carbons (Fsp3) is 0.938. The maximum atomic E-state index is 11.4. The second-order valence-electron chi connectivity index (χ2n) is 6.06. The predicted molar refractivity (Wildman–Crippen MR) is 116 cm³/mol. The van der Waals surface area contributed by atoms with Crippen LogP contribution in [0.4, 0.5) is 0 Å². The molecular weight excluding hydrogens is 471 g/mol. The molecule has 0 radical (unpaired) electrons. The topological polar surface area (TPSA) is 92.3 Å². The minimum atomic E-state index is -3.11. The van der Waals surface area contributed by atoms with Crippen molar-refractivity contribution in [3.8, 4) is 0 Å². The van der Waals surface area contributed by atoms with Crippen molar-refractivity contribution >= 4 is 40.0 Å².